The number of hydrogen-bond donors (Lipinski definition) is 1. The van der Waals surface area contributed by atoms with E-state index in [-0.39, 0.29) is 24.3 Å². The van der Waals surface area contributed by atoms with Crippen LogP contribution in [0.5, 0.6) is 0 Å². The van der Waals surface area contributed by atoms with Crippen molar-refractivity contribution in [1.82, 2.24) is 15.1 Å². The lowest BCUT2D eigenvalue weighted by molar-refractivity contribution is -0.140. The van der Waals surface area contributed by atoms with E-state index in [2.05, 4.69) is 5.32 Å². The fourth-order valence-corrected chi connectivity index (χ4v) is 3.38. The van der Waals surface area contributed by atoms with E-state index in [1.165, 1.54) is 6.07 Å². The second-order valence-corrected chi connectivity index (χ2v) is 6.32. The van der Waals surface area contributed by atoms with Gasteiger partial charge < -0.3 is 15.1 Å². The van der Waals surface area contributed by atoms with Gasteiger partial charge in [-0.1, -0.05) is 6.07 Å². The summed E-state index contributed by atoms with van der Waals surface area (Å²) in [5.74, 6) is -1.90. The molecule has 3 rings (SSSR count). The maximum atomic E-state index is 13.3. The van der Waals surface area contributed by atoms with Gasteiger partial charge in [0.2, 0.25) is 11.8 Å². The quantitative estimate of drug-likeness (QED) is 0.893. The van der Waals surface area contributed by atoms with Crippen molar-refractivity contribution in [1.29, 1.82) is 0 Å². The van der Waals surface area contributed by atoms with Crippen LogP contribution in [0.1, 0.15) is 18.4 Å². The molecule has 0 aromatic heterocycles. The van der Waals surface area contributed by atoms with Crippen LogP contribution in [0.15, 0.2) is 18.2 Å². The molecule has 0 spiro atoms. The lowest BCUT2D eigenvalue weighted by atomic mass is 10.0. The highest BCUT2D eigenvalue weighted by molar-refractivity contribution is 5.80. The summed E-state index contributed by atoms with van der Waals surface area (Å²) < 4.78 is 26.2. The van der Waals surface area contributed by atoms with Gasteiger partial charge in [0.15, 0.2) is 11.6 Å². The first-order valence-corrected chi connectivity index (χ1v) is 8.26. The molecule has 24 heavy (non-hydrogen) atoms. The number of halogens is 2. The molecule has 1 atom stereocenters. The molecule has 2 aliphatic rings. The monoisotopic (exact) mass is 337 g/mol. The molecule has 0 saturated carbocycles. The number of hydrogen-bond acceptors (Lipinski definition) is 3. The van der Waals surface area contributed by atoms with E-state index >= 15 is 0 Å². The van der Waals surface area contributed by atoms with Crippen molar-refractivity contribution in [3.8, 4) is 0 Å². The Bertz CT molecular complexity index is 638. The third kappa shape index (κ3) is 3.72. The number of piperidine rings is 1. The van der Waals surface area contributed by atoms with Crippen molar-refractivity contribution in [2.24, 2.45) is 0 Å². The highest BCUT2D eigenvalue weighted by Crippen LogP contribution is 2.18. The first-order valence-electron chi connectivity index (χ1n) is 8.26. The van der Waals surface area contributed by atoms with Crippen molar-refractivity contribution >= 4 is 11.8 Å². The third-order valence-corrected chi connectivity index (χ3v) is 4.66. The molecule has 0 bridgehead atoms. The highest BCUT2D eigenvalue weighted by atomic mass is 19.2. The standard InChI is InChI=1S/C17H21F2N3O2/c18-14-4-3-12(8-15(14)19)9-16(23)21-6-1-2-13(11-21)22-7-5-20-10-17(22)24/h3-4,8,13,20H,1-2,5-7,9-11H2. The number of rotatable bonds is 3. The van der Waals surface area contributed by atoms with Crippen LogP contribution in [0.3, 0.4) is 0 Å². The number of amides is 2. The van der Waals surface area contributed by atoms with Crippen LogP contribution in [0.25, 0.3) is 0 Å². The molecular weight excluding hydrogens is 316 g/mol. The second-order valence-electron chi connectivity index (χ2n) is 6.32. The molecule has 7 heteroatoms. The zero-order valence-corrected chi connectivity index (χ0v) is 13.4. The number of nitrogens with zero attached hydrogens (tertiary/aromatic N) is 2. The number of carbonyl (C=O) groups is 2. The Balaban J connectivity index is 1.62. The predicted molar refractivity (Wildman–Crippen MR) is 84.2 cm³/mol. The number of piperazine rings is 1. The van der Waals surface area contributed by atoms with Crippen LogP contribution in [0.2, 0.25) is 0 Å². The SMILES string of the molecule is O=C(Cc1ccc(F)c(F)c1)N1CCCC(N2CCNCC2=O)C1. The van der Waals surface area contributed by atoms with Gasteiger partial charge in [-0.25, -0.2) is 8.78 Å². The zero-order valence-electron chi connectivity index (χ0n) is 13.4. The average Bonchev–Trinajstić information content (AvgIpc) is 2.59. The number of likely N-dealkylation sites (tertiary alicyclic amines) is 1. The Morgan fingerprint density at radius 1 is 1.25 bits per heavy atom. The molecule has 2 amide bonds. The first-order chi connectivity index (χ1) is 11.5. The summed E-state index contributed by atoms with van der Waals surface area (Å²) in [6.45, 7) is 2.92. The van der Waals surface area contributed by atoms with E-state index in [1.807, 2.05) is 4.90 Å². The molecule has 1 aromatic carbocycles. The highest BCUT2D eigenvalue weighted by Gasteiger charge is 2.31. The summed E-state index contributed by atoms with van der Waals surface area (Å²) >= 11 is 0. The zero-order chi connectivity index (χ0) is 17.1. The Kier molecular flexibility index (Phi) is 5.08. The van der Waals surface area contributed by atoms with Gasteiger partial charge in [0.1, 0.15) is 0 Å². The summed E-state index contributed by atoms with van der Waals surface area (Å²) in [6.07, 6.45) is 1.77. The van der Waals surface area contributed by atoms with Crippen molar-refractivity contribution in [2.45, 2.75) is 25.3 Å². The minimum Gasteiger partial charge on any atom is -0.340 e. The number of carbonyl (C=O) groups excluding carboxylic acids is 2. The smallest absolute Gasteiger partial charge is 0.236 e. The lowest BCUT2D eigenvalue weighted by Crippen LogP contribution is -2.57. The normalized spacial score (nSPS) is 21.9. The molecule has 2 heterocycles. The fraction of sp³-hybridized carbons (Fsp3) is 0.529. The van der Waals surface area contributed by atoms with Gasteiger partial charge in [0, 0.05) is 32.2 Å². The van der Waals surface area contributed by atoms with Crippen LogP contribution < -0.4 is 5.32 Å². The van der Waals surface area contributed by atoms with Crippen molar-refractivity contribution in [3.63, 3.8) is 0 Å². The molecule has 1 N–H and O–H groups in total. The molecule has 2 saturated heterocycles. The Morgan fingerprint density at radius 3 is 2.83 bits per heavy atom. The maximum absolute atomic E-state index is 13.3. The predicted octanol–water partition coefficient (Wildman–Crippen LogP) is 0.930. The first kappa shape index (κ1) is 16.8. The summed E-state index contributed by atoms with van der Waals surface area (Å²) in [7, 11) is 0. The lowest BCUT2D eigenvalue weighted by Gasteiger charge is -2.41. The van der Waals surface area contributed by atoms with Crippen LogP contribution in [-0.4, -0.2) is 60.4 Å². The summed E-state index contributed by atoms with van der Waals surface area (Å²) in [6, 6.07) is 3.57. The number of benzene rings is 1. The van der Waals surface area contributed by atoms with Crippen LogP contribution in [0.4, 0.5) is 8.78 Å². The molecule has 2 aliphatic heterocycles. The Hall–Kier alpha value is -2.02. The molecule has 2 fully saturated rings. The van der Waals surface area contributed by atoms with Crippen molar-refractivity contribution in [3.05, 3.63) is 35.4 Å². The summed E-state index contributed by atoms with van der Waals surface area (Å²) in [5.41, 5.74) is 0.458. The molecule has 130 valence electrons. The van der Waals surface area contributed by atoms with Crippen molar-refractivity contribution < 1.29 is 18.4 Å². The van der Waals surface area contributed by atoms with Crippen LogP contribution in [0, 0.1) is 11.6 Å². The third-order valence-electron chi connectivity index (χ3n) is 4.66. The van der Waals surface area contributed by atoms with E-state index in [0.29, 0.717) is 31.7 Å². The topological polar surface area (TPSA) is 52.7 Å². The molecule has 0 radical (unpaired) electrons. The van der Waals surface area contributed by atoms with E-state index < -0.39 is 11.6 Å². The summed E-state index contributed by atoms with van der Waals surface area (Å²) in [4.78, 5) is 28.1. The van der Waals surface area contributed by atoms with Gasteiger partial charge in [-0.15, -0.1) is 0 Å². The number of nitrogens with one attached hydrogen (secondary N) is 1. The van der Waals surface area contributed by atoms with Gasteiger partial charge >= 0.3 is 0 Å². The van der Waals surface area contributed by atoms with Gasteiger partial charge in [-0.2, -0.15) is 0 Å². The van der Waals surface area contributed by atoms with Crippen LogP contribution >= 0.6 is 0 Å². The van der Waals surface area contributed by atoms with Gasteiger partial charge in [0.05, 0.1) is 13.0 Å². The van der Waals surface area contributed by atoms with Crippen LogP contribution in [-0.2, 0) is 16.0 Å². The largest absolute Gasteiger partial charge is 0.340 e. The minimum atomic E-state index is -0.941. The Labute approximate surface area is 139 Å². The molecule has 1 unspecified atom stereocenters. The second kappa shape index (κ2) is 7.25. The van der Waals surface area contributed by atoms with E-state index in [1.54, 1.807) is 4.90 Å². The van der Waals surface area contributed by atoms with E-state index in [4.69, 9.17) is 0 Å². The van der Waals surface area contributed by atoms with Gasteiger partial charge in [-0.05, 0) is 30.5 Å². The maximum Gasteiger partial charge on any atom is 0.236 e. The van der Waals surface area contributed by atoms with Crippen molar-refractivity contribution in [2.75, 3.05) is 32.7 Å². The van der Waals surface area contributed by atoms with E-state index in [0.717, 1.165) is 31.5 Å². The van der Waals surface area contributed by atoms with E-state index in [9.17, 15) is 18.4 Å². The van der Waals surface area contributed by atoms with Gasteiger partial charge in [0.25, 0.3) is 0 Å². The minimum absolute atomic E-state index is 0.0411. The molecule has 5 nitrogen and oxygen atoms in total. The van der Waals surface area contributed by atoms with Gasteiger partial charge in [-0.3, -0.25) is 9.59 Å². The molecule has 1 aromatic rings. The summed E-state index contributed by atoms with van der Waals surface area (Å²) in [5, 5.41) is 3.04. The fourth-order valence-electron chi connectivity index (χ4n) is 3.38. The average molecular weight is 337 g/mol. The molecular formula is C17H21F2N3O2. The Morgan fingerprint density at radius 2 is 2.08 bits per heavy atom. The molecule has 0 aliphatic carbocycles.